The van der Waals surface area contributed by atoms with Gasteiger partial charge in [0.05, 0.1) is 0 Å². The first-order valence-electron chi connectivity index (χ1n) is 7.01. The van der Waals surface area contributed by atoms with Crippen LogP contribution >= 0.6 is 0 Å². The molecule has 2 heterocycles. The van der Waals surface area contributed by atoms with Gasteiger partial charge < -0.3 is 10.6 Å². The summed E-state index contributed by atoms with van der Waals surface area (Å²) in [4.78, 5) is 8.95. The van der Waals surface area contributed by atoms with Crippen LogP contribution in [0.15, 0.2) is 6.07 Å². The molecular formula is C14H24N4. The second kappa shape index (κ2) is 6.14. The third kappa shape index (κ3) is 3.42. The van der Waals surface area contributed by atoms with E-state index in [0.717, 1.165) is 36.8 Å². The maximum absolute atomic E-state index is 4.54. The largest absolute Gasteiger partial charge is 0.367 e. The highest BCUT2D eigenvalue weighted by molar-refractivity contribution is 5.37. The van der Waals surface area contributed by atoms with Crippen LogP contribution in [0.25, 0.3) is 0 Å². The molecule has 100 valence electrons. The van der Waals surface area contributed by atoms with Gasteiger partial charge in [0.2, 0.25) is 0 Å². The van der Waals surface area contributed by atoms with Crippen molar-refractivity contribution < 1.29 is 0 Å². The van der Waals surface area contributed by atoms with Crippen molar-refractivity contribution in [3.63, 3.8) is 0 Å². The van der Waals surface area contributed by atoms with E-state index in [1.165, 1.54) is 12.8 Å². The Morgan fingerprint density at radius 3 is 3.00 bits per heavy atom. The molecule has 1 aromatic rings. The molecule has 2 unspecified atom stereocenters. The lowest BCUT2D eigenvalue weighted by Gasteiger charge is -2.29. The van der Waals surface area contributed by atoms with Crippen LogP contribution in [0.2, 0.25) is 0 Å². The summed E-state index contributed by atoms with van der Waals surface area (Å²) in [6.07, 6.45) is 3.46. The number of piperidine rings is 1. The van der Waals surface area contributed by atoms with Gasteiger partial charge in [-0.25, -0.2) is 9.97 Å². The van der Waals surface area contributed by atoms with Crippen LogP contribution in [0.5, 0.6) is 0 Å². The summed E-state index contributed by atoms with van der Waals surface area (Å²) in [7, 11) is 0. The van der Waals surface area contributed by atoms with Gasteiger partial charge in [0.15, 0.2) is 0 Å². The minimum absolute atomic E-state index is 0.455. The maximum Gasteiger partial charge on any atom is 0.130 e. The first kappa shape index (κ1) is 13.3. The Labute approximate surface area is 110 Å². The van der Waals surface area contributed by atoms with Crippen LogP contribution in [0.4, 0.5) is 5.82 Å². The summed E-state index contributed by atoms with van der Waals surface area (Å²) in [6.45, 7) is 8.64. The molecular weight excluding hydrogens is 224 g/mol. The van der Waals surface area contributed by atoms with Crippen LogP contribution in [0.1, 0.15) is 38.2 Å². The van der Waals surface area contributed by atoms with Gasteiger partial charge in [-0.3, -0.25) is 0 Å². The molecule has 0 aliphatic carbocycles. The Balaban J connectivity index is 2.01. The van der Waals surface area contributed by atoms with Crippen molar-refractivity contribution >= 4 is 5.82 Å². The third-order valence-corrected chi connectivity index (χ3v) is 3.63. The van der Waals surface area contributed by atoms with Crippen molar-refractivity contribution in [2.75, 3.05) is 18.4 Å². The molecule has 1 aliphatic rings. The smallest absolute Gasteiger partial charge is 0.130 e. The van der Waals surface area contributed by atoms with Crippen molar-refractivity contribution in [3.8, 4) is 0 Å². The maximum atomic E-state index is 4.54. The van der Waals surface area contributed by atoms with E-state index >= 15 is 0 Å². The monoisotopic (exact) mass is 248 g/mol. The molecule has 0 saturated carbocycles. The summed E-state index contributed by atoms with van der Waals surface area (Å²) in [6, 6.07) is 2.49. The summed E-state index contributed by atoms with van der Waals surface area (Å²) < 4.78 is 0. The topological polar surface area (TPSA) is 49.8 Å². The van der Waals surface area contributed by atoms with Crippen LogP contribution < -0.4 is 10.6 Å². The van der Waals surface area contributed by atoms with Gasteiger partial charge in [-0.15, -0.1) is 0 Å². The van der Waals surface area contributed by atoms with Gasteiger partial charge in [-0.2, -0.15) is 0 Å². The summed E-state index contributed by atoms with van der Waals surface area (Å²) in [5.74, 6) is 2.59. The molecule has 1 saturated heterocycles. The first-order chi connectivity index (χ1) is 8.69. The lowest BCUT2D eigenvalue weighted by atomic mass is 9.93. The molecule has 0 bridgehead atoms. The third-order valence-electron chi connectivity index (χ3n) is 3.63. The molecule has 0 radical (unpaired) electrons. The fraction of sp³-hybridized carbons (Fsp3) is 0.714. The zero-order valence-electron chi connectivity index (χ0n) is 11.7. The highest BCUT2D eigenvalue weighted by Gasteiger charge is 2.20. The molecule has 18 heavy (non-hydrogen) atoms. The molecule has 0 spiro atoms. The Morgan fingerprint density at radius 2 is 2.33 bits per heavy atom. The number of nitrogens with zero attached hydrogens (tertiary/aromatic N) is 2. The summed E-state index contributed by atoms with van der Waals surface area (Å²) >= 11 is 0. The Hall–Kier alpha value is -1.16. The minimum Gasteiger partial charge on any atom is -0.367 e. The van der Waals surface area contributed by atoms with E-state index in [1.807, 2.05) is 13.0 Å². The molecule has 2 atom stereocenters. The molecule has 2 N–H and O–H groups in total. The zero-order chi connectivity index (χ0) is 13.0. The van der Waals surface area contributed by atoms with E-state index in [1.54, 1.807) is 0 Å². The average molecular weight is 248 g/mol. The Bertz CT molecular complexity index is 385. The van der Waals surface area contributed by atoms with E-state index < -0.39 is 0 Å². The standard InChI is InChI=1S/C14H24N4/c1-4-13-16-10(2)8-14(18-13)17-11(3)12-6-5-7-15-9-12/h8,11-12,15H,4-7,9H2,1-3H3,(H,16,17,18). The van der Waals surface area contributed by atoms with E-state index in [9.17, 15) is 0 Å². The number of hydrogen-bond donors (Lipinski definition) is 2. The fourth-order valence-corrected chi connectivity index (χ4v) is 2.52. The molecule has 0 aromatic carbocycles. The van der Waals surface area contributed by atoms with Crippen molar-refractivity contribution in [1.82, 2.24) is 15.3 Å². The molecule has 1 aliphatic heterocycles. The van der Waals surface area contributed by atoms with Crippen molar-refractivity contribution in [3.05, 3.63) is 17.6 Å². The zero-order valence-corrected chi connectivity index (χ0v) is 11.7. The van der Waals surface area contributed by atoms with Gasteiger partial charge in [0, 0.05) is 24.2 Å². The number of aryl methyl sites for hydroxylation is 2. The normalized spacial score (nSPS) is 21.6. The quantitative estimate of drug-likeness (QED) is 0.857. The molecule has 1 aromatic heterocycles. The number of rotatable bonds is 4. The van der Waals surface area contributed by atoms with Crippen LogP contribution in [-0.4, -0.2) is 29.1 Å². The van der Waals surface area contributed by atoms with Crippen LogP contribution in [0, 0.1) is 12.8 Å². The fourth-order valence-electron chi connectivity index (χ4n) is 2.52. The van der Waals surface area contributed by atoms with E-state index in [0.29, 0.717) is 12.0 Å². The minimum atomic E-state index is 0.455. The lowest BCUT2D eigenvalue weighted by Crippen LogP contribution is -2.39. The molecule has 1 fully saturated rings. The number of nitrogens with one attached hydrogen (secondary N) is 2. The van der Waals surface area contributed by atoms with Gasteiger partial charge in [0.25, 0.3) is 0 Å². The molecule has 2 rings (SSSR count). The van der Waals surface area contributed by atoms with Gasteiger partial charge in [-0.05, 0) is 45.7 Å². The first-order valence-corrected chi connectivity index (χ1v) is 7.01. The number of aromatic nitrogens is 2. The molecule has 4 nitrogen and oxygen atoms in total. The van der Waals surface area contributed by atoms with Crippen LogP contribution in [-0.2, 0) is 6.42 Å². The second-order valence-corrected chi connectivity index (χ2v) is 5.20. The van der Waals surface area contributed by atoms with Crippen LogP contribution in [0.3, 0.4) is 0 Å². The van der Waals surface area contributed by atoms with E-state index in [-0.39, 0.29) is 0 Å². The highest BCUT2D eigenvalue weighted by Crippen LogP contribution is 2.18. The molecule has 4 heteroatoms. The highest BCUT2D eigenvalue weighted by atomic mass is 15.1. The number of anilines is 1. The van der Waals surface area contributed by atoms with Gasteiger partial charge >= 0.3 is 0 Å². The summed E-state index contributed by atoms with van der Waals surface area (Å²) in [5.41, 5.74) is 1.04. The predicted molar refractivity (Wildman–Crippen MR) is 74.8 cm³/mol. The summed E-state index contributed by atoms with van der Waals surface area (Å²) in [5, 5.41) is 7.00. The second-order valence-electron chi connectivity index (χ2n) is 5.20. The van der Waals surface area contributed by atoms with Gasteiger partial charge in [-0.1, -0.05) is 6.92 Å². The Kier molecular flexibility index (Phi) is 4.53. The van der Waals surface area contributed by atoms with E-state index in [4.69, 9.17) is 0 Å². The van der Waals surface area contributed by atoms with Crippen molar-refractivity contribution in [1.29, 1.82) is 0 Å². The SMILES string of the molecule is CCc1nc(C)cc(NC(C)C2CCCNC2)n1. The predicted octanol–water partition coefficient (Wildman–Crippen LogP) is 2.15. The number of hydrogen-bond acceptors (Lipinski definition) is 4. The van der Waals surface area contributed by atoms with Crippen molar-refractivity contribution in [2.24, 2.45) is 5.92 Å². The Morgan fingerprint density at radius 1 is 1.50 bits per heavy atom. The lowest BCUT2D eigenvalue weighted by molar-refractivity contribution is 0.346. The van der Waals surface area contributed by atoms with Crippen molar-refractivity contribution in [2.45, 2.75) is 46.1 Å². The van der Waals surface area contributed by atoms with Gasteiger partial charge in [0.1, 0.15) is 11.6 Å². The average Bonchev–Trinajstić information content (AvgIpc) is 2.39. The molecule has 0 amide bonds. The van der Waals surface area contributed by atoms with E-state index in [2.05, 4.69) is 34.4 Å².